The van der Waals surface area contributed by atoms with Crippen molar-refractivity contribution in [1.29, 1.82) is 0 Å². The van der Waals surface area contributed by atoms with Gasteiger partial charge in [-0.3, -0.25) is 10.1 Å². The van der Waals surface area contributed by atoms with Gasteiger partial charge in [0.15, 0.2) is 5.69 Å². The highest BCUT2D eigenvalue weighted by Gasteiger charge is 2.21. The molecule has 1 aromatic carbocycles. The molecule has 2 aromatic rings. The minimum absolute atomic E-state index is 0.00403. The minimum Gasteiger partial charge on any atom is -0.373 e. The molecule has 0 amide bonds. The van der Waals surface area contributed by atoms with Crippen LogP contribution in [-0.4, -0.2) is 17.0 Å². The number of halogens is 2. The third-order valence-electron chi connectivity index (χ3n) is 2.53. The molecular weight excluding hydrogens is 317 g/mol. The van der Waals surface area contributed by atoms with Gasteiger partial charge in [0.1, 0.15) is 11.6 Å². The Balaban J connectivity index is 2.72. The van der Waals surface area contributed by atoms with E-state index in [2.05, 4.69) is 26.2 Å². The lowest BCUT2D eigenvalue weighted by Gasteiger charge is -2.07. The van der Waals surface area contributed by atoms with Crippen molar-refractivity contribution in [3.8, 4) is 11.3 Å². The van der Waals surface area contributed by atoms with Crippen LogP contribution in [0.5, 0.6) is 0 Å². The normalized spacial score (nSPS) is 10.3. The topological polar surface area (TPSA) is 68.1 Å². The summed E-state index contributed by atoms with van der Waals surface area (Å²) < 4.78 is 14.3. The molecule has 2 rings (SSSR count). The van der Waals surface area contributed by atoms with Gasteiger partial charge in [0.05, 0.1) is 9.40 Å². The van der Waals surface area contributed by atoms with Gasteiger partial charge in [0, 0.05) is 18.7 Å². The Labute approximate surface area is 116 Å². The maximum atomic E-state index is 14.0. The molecule has 0 spiro atoms. The molecule has 0 radical (unpaired) electrons. The first-order valence-electron chi connectivity index (χ1n) is 5.32. The summed E-state index contributed by atoms with van der Waals surface area (Å²) in [5.41, 5.74) is -0.162. The molecule has 5 nitrogen and oxygen atoms in total. The van der Waals surface area contributed by atoms with E-state index in [0.717, 1.165) is 0 Å². The van der Waals surface area contributed by atoms with E-state index in [-0.39, 0.29) is 21.4 Å². The molecule has 0 fully saturated rings. The van der Waals surface area contributed by atoms with E-state index in [1.807, 2.05) is 0 Å². The molecule has 0 aliphatic rings. The summed E-state index contributed by atoms with van der Waals surface area (Å²) in [7, 11) is 1.63. The molecule has 1 N–H and O–H groups in total. The molecule has 7 heteroatoms. The number of pyridine rings is 1. The second kappa shape index (κ2) is 5.31. The van der Waals surface area contributed by atoms with Crippen LogP contribution in [0.15, 0.2) is 34.8 Å². The number of nitrogens with one attached hydrogen (secondary N) is 1. The summed E-state index contributed by atoms with van der Waals surface area (Å²) in [5, 5.41) is 13.8. The highest BCUT2D eigenvalue weighted by atomic mass is 79.9. The van der Waals surface area contributed by atoms with E-state index in [1.165, 1.54) is 24.3 Å². The average Bonchev–Trinajstić information content (AvgIpc) is 2.41. The summed E-state index contributed by atoms with van der Waals surface area (Å²) in [4.78, 5) is 14.5. The lowest BCUT2D eigenvalue weighted by atomic mass is 10.1. The van der Waals surface area contributed by atoms with Crippen molar-refractivity contribution in [2.24, 2.45) is 0 Å². The maximum absolute atomic E-state index is 14.0. The lowest BCUT2D eigenvalue weighted by molar-refractivity contribution is -0.384. The van der Waals surface area contributed by atoms with Crippen molar-refractivity contribution in [1.82, 2.24) is 4.98 Å². The van der Waals surface area contributed by atoms with Crippen molar-refractivity contribution >= 4 is 27.4 Å². The molecule has 0 aliphatic heterocycles. The average molecular weight is 326 g/mol. The number of aromatic nitrogens is 1. The van der Waals surface area contributed by atoms with Crippen LogP contribution >= 0.6 is 15.9 Å². The van der Waals surface area contributed by atoms with Crippen LogP contribution in [0.2, 0.25) is 0 Å². The molecule has 0 bridgehead atoms. The van der Waals surface area contributed by atoms with Crippen LogP contribution in [0.4, 0.5) is 15.9 Å². The quantitative estimate of drug-likeness (QED) is 0.691. The highest BCUT2D eigenvalue weighted by molar-refractivity contribution is 9.10. The molecule has 0 atom stereocenters. The Bertz CT molecular complexity index is 649. The lowest BCUT2D eigenvalue weighted by Crippen LogP contribution is -2.00. The van der Waals surface area contributed by atoms with Crippen LogP contribution in [0, 0.1) is 15.9 Å². The Hall–Kier alpha value is -2.02. The number of benzene rings is 1. The van der Waals surface area contributed by atoms with Crippen LogP contribution in [0.25, 0.3) is 11.3 Å². The van der Waals surface area contributed by atoms with E-state index < -0.39 is 10.7 Å². The Kier molecular flexibility index (Phi) is 3.75. The Morgan fingerprint density at radius 3 is 2.74 bits per heavy atom. The highest BCUT2D eigenvalue weighted by Crippen LogP contribution is 2.33. The van der Waals surface area contributed by atoms with Gasteiger partial charge in [-0.05, 0) is 34.1 Å². The number of hydrogen-bond donors (Lipinski definition) is 1. The van der Waals surface area contributed by atoms with Gasteiger partial charge in [0.2, 0.25) is 0 Å². The summed E-state index contributed by atoms with van der Waals surface area (Å²) in [5.74, 6) is -0.147. The van der Waals surface area contributed by atoms with Crippen molar-refractivity contribution in [3.63, 3.8) is 0 Å². The maximum Gasteiger partial charge on any atom is 0.295 e. The summed E-state index contributed by atoms with van der Waals surface area (Å²) >= 11 is 3.05. The standard InChI is InChI=1S/C12H9BrFN3O2/c1-15-10-6-5-9(17(18)19)12(16-10)7-3-2-4-8(13)11(7)14/h2-6H,1H3,(H,15,16). The van der Waals surface area contributed by atoms with E-state index in [9.17, 15) is 14.5 Å². The van der Waals surface area contributed by atoms with Crippen molar-refractivity contribution in [2.75, 3.05) is 12.4 Å². The zero-order valence-electron chi connectivity index (χ0n) is 9.85. The summed E-state index contributed by atoms with van der Waals surface area (Å²) in [6.45, 7) is 0. The smallest absolute Gasteiger partial charge is 0.295 e. The van der Waals surface area contributed by atoms with Crippen LogP contribution < -0.4 is 5.32 Å². The van der Waals surface area contributed by atoms with E-state index in [0.29, 0.717) is 5.82 Å². The second-order valence-electron chi connectivity index (χ2n) is 3.67. The first-order chi connectivity index (χ1) is 9.04. The fourth-order valence-electron chi connectivity index (χ4n) is 1.62. The fraction of sp³-hybridized carbons (Fsp3) is 0.0833. The molecule has 1 aromatic heterocycles. The molecule has 98 valence electrons. The zero-order valence-corrected chi connectivity index (χ0v) is 11.4. The van der Waals surface area contributed by atoms with E-state index in [4.69, 9.17) is 0 Å². The van der Waals surface area contributed by atoms with Crippen molar-refractivity contribution in [2.45, 2.75) is 0 Å². The predicted octanol–water partition coefficient (Wildman–Crippen LogP) is 3.60. The minimum atomic E-state index is -0.581. The van der Waals surface area contributed by atoms with Gasteiger partial charge in [-0.25, -0.2) is 9.37 Å². The van der Waals surface area contributed by atoms with Gasteiger partial charge in [-0.15, -0.1) is 0 Å². The van der Waals surface area contributed by atoms with Crippen LogP contribution in [-0.2, 0) is 0 Å². The predicted molar refractivity (Wildman–Crippen MR) is 73.5 cm³/mol. The third-order valence-corrected chi connectivity index (χ3v) is 3.15. The SMILES string of the molecule is CNc1ccc([N+](=O)[O-])c(-c2cccc(Br)c2F)n1. The van der Waals surface area contributed by atoms with Crippen LogP contribution in [0.3, 0.4) is 0 Å². The van der Waals surface area contributed by atoms with Gasteiger partial charge in [-0.1, -0.05) is 6.07 Å². The molecule has 1 heterocycles. The first-order valence-corrected chi connectivity index (χ1v) is 6.11. The van der Waals surface area contributed by atoms with E-state index >= 15 is 0 Å². The summed E-state index contributed by atoms with van der Waals surface area (Å²) in [6.07, 6.45) is 0. The largest absolute Gasteiger partial charge is 0.373 e. The molecule has 0 unspecified atom stereocenters. The number of nitrogens with zero attached hydrogens (tertiary/aromatic N) is 2. The molecule has 0 saturated heterocycles. The van der Waals surface area contributed by atoms with Gasteiger partial charge >= 0.3 is 0 Å². The number of anilines is 1. The van der Waals surface area contributed by atoms with Gasteiger partial charge in [0.25, 0.3) is 5.69 Å². The van der Waals surface area contributed by atoms with Gasteiger partial charge in [-0.2, -0.15) is 0 Å². The number of rotatable bonds is 3. The van der Waals surface area contributed by atoms with Crippen LogP contribution in [0.1, 0.15) is 0 Å². The Morgan fingerprint density at radius 2 is 2.11 bits per heavy atom. The summed E-state index contributed by atoms with van der Waals surface area (Å²) in [6, 6.07) is 7.34. The first kappa shape index (κ1) is 13.4. The number of hydrogen-bond acceptors (Lipinski definition) is 4. The zero-order chi connectivity index (χ0) is 14.0. The van der Waals surface area contributed by atoms with Gasteiger partial charge < -0.3 is 5.32 Å². The third kappa shape index (κ3) is 2.55. The molecular formula is C12H9BrFN3O2. The monoisotopic (exact) mass is 325 g/mol. The van der Waals surface area contributed by atoms with E-state index in [1.54, 1.807) is 13.1 Å². The van der Waals surface area contributed by atoms with Crippen molar-refractivity contribution in [3.05, 3.63) is 50.7 Å². The number of nitro groups is 1. The molecule has 0 aliphatic carbocycles. The van der Waals surface area contributed by atoms with Crippen molar-refractivity contribution < 1.29 is 9.31 Å². The molecule has 19 heavy (non-hydrogen) atoms. The fourth-order valence-corrected chi connectivity index (χ4v) is 1.99. The Morgan fingerprint density at radius 1 is 1.37 bits per heavy atom. The second-order valence-corrected chi connectivity index (χ2v) is 4.53. The molecule has 0 saturated carbocycles.